The van der Waals surface area contributed by atoms with E-state index in [0.717, 1.165) is 9.80 Å². The summed E-state index contributed by atoms with van der Waals surface area (Å²) in [5, 5.41) is 4.90. The summed E-state index contributed by atoms with van der Waals surface area (Å²) in [7, 11) is 0. The number of piperidine rings is 1. The average molecular weight is 438 g/mol. The molecule has 1 unspecified atom stereocenters. The molecule has 1 aromatic heterocycles. The number of imide groups is 2. The summed E-state index contributed by atoms with van der Waals surface area (Å²) >= 11 is 1.52. The summed E-state index contributed by atoms with van der Waals surface area (Å²) in [5.41, 5.74) is 1.26. The van der Waals surface area contributed by atoms with Crippen LogP contribution in [0, 0.1) is 0 Å². The van der Waals surface area contributed by atoms with E-state index in [0.29, 0.717) is 5.56 Å². The van der Waals surface area contributed by atoms with Crippen LogP contribution in [0.5, 0.6) is 0 Å². The quantitative estimate of drug-likeness (QED) is 0.530. The number of hydrogen-bond donors (Lipinski definition) is 2. The minimum atomic E-state index is -1.01. The van der Waals surface area contributed by atoms with Crippen LogP contribution in [0.3, 0.4) is 0 Å². The van der Waals surface area contributed by atoms with Gasteiger partial charge in [-0.15, -0.1) is 11.8 Å². The molecule has 2 N–H and O–H groups in total. The van der Waals surface area contributed by atoms with Crippen LogP contribution in [-0.2, 0) is 16.1 Å². The lowest BCUT2D eigenvalue weighted by molar-refractivity contribution is -0.136. The second-order valence-corrected chi connectivity index (χ2v) is 7.97. The Bertz CT molecular complexity index is 1120. The third kappa shape index (κ3) is 3.93. The second-order valence-electron chi connectivity index (χ2n) is 7.09. The normalized spacial score (nSPS) is 18.1. The maximum atomic E-state index is 12.8. The molecule has 2 aliphatic heterocycles. The van der Waals surface area contributed by atoms with Gasteiger partial charge in [-0.25, -0.2) is 4.98 Å². The molecule has 9 nitrogen and oxygen atoms in total. The van der Waals surface area contributed by atoms with Crippen molar-refractivity contribution in [1.29, 1.82) is 0 Å². The van der Waals surface area contributed by atoms with Gasteiger partial charge >= 0.3 is 0 Å². The van der Waals surface area contributed by atoms with Gasteiger partial charge in [-0.2, -0.15) is 0 Å². The molecule has 31 heavy (non-hydrogen) atoms. The maximum Gasteiger partial charge on any atom is 0.270 e. The topological polar surface area (TPSA) is 126 Å². The lowest BCUT2D eigenvalue weighted by Gasteiger charge is -2.27. The van der Waals surface area contributed by atoms with Crippen LogP contribution in [0.25, 0.3) is 0 Å². The summed E-state index contributed by atoms with van der Waals surface area (Å²) in [6.07, 6.45) is 3.69. The van der Waals surface area contributed by atoms with Crippen molar-refractivity contribution in [3.05, 3.63) is 58.9 Å². The number of pyridine rings is 1. The van der Waals surface area contributed by atoms with Gasteiger partial charge in [0.25, 0.3) is 17.7 Å². The highest BCUT2D eigenvalue weighted by molar-refractivity contribution is 7.98. The van der Waals surface area contributed by atoms with E-state index < -0.39 is 29.7 Å². The summed E-state index contributed by atoms with van der Waals surface area (Å²) < 4.78 is 0. The Morgan fingerprint density at radius 1 is 1.16 bits per heavy atom. The van der Waals surface area contributed by atoms with Gasteiger partial charge < -0.3 is 5.32 Å². The molecule has 158 valence electrons. The van der Waals surface area contributed by atoms with Gasteiger partial charge in [0.1, 0.15) is 11.7 Å². The molecule has 2 aliphatic rings. The molecule has 2 aromatic rings. The first-order valence-corrected chi connectivity index (χ1v) is 10.7. The van der Waals surface area contributed by atoms with E-state index >= 15 is 0 Å². The van der Waals surface area contributed by atoms with E-state index in [-0.39, 0.29) is 42.1 Å². The van der Waals surface area contributed by atoms with Crippen molar-refractivity contribution in [3.63, 3.8) is 0 Å². The van der Waals surface area contributed by atoms with Crippen molar-refractivity contribution in [2.75, 3.05) is 6.26 Å². The Balaban J connectivity index is 1.47. The van der Waals surface area contributed by atoms with Crippen molar-refractivity contribution in [3.8, 4) is 0 Å². The number of amides is 5. The molecule has 0 spiro atoms. The summed E-state index contributed by atoms with van der Waals surface area (Å²) in [6.45, 7) is 0.137. The zero-order valence-electron chi connectivity index (χ0n) is 16.5. The fraction of sp³-hybridized carbons (Fsp3) is 0.238. The summed E-state index contributed by atoms with van der Waals surface area (Å²) in [4.78, 5) is 67.3. The number of hydrogen-bond acceptors (Lipinski definition) is 7. The van der Waals surface area contributed by atoms with Crippen LogP contribution in [0.4, 0.5) is 0 Å². The molecule has 1 saturated heterocycles. The Labute approximate surface area is 181 Å². The number of aromatic nitrogens is 1. The number of nitrogens with one attached hydrogen (secondary N) is 2. The largest absolute Gasteiger partial charge is 0.347 e. The molecule has 5 amide bonds. The molecule has 0 aliphatic carbocycles. The monoisotopic (exact) mass is 438 g/mol. The van der Waals surface area contributed by atoms with Gasteiger partial charge in [-0.1, -0.05) is 6.07 Å². The fourth-order valence-corrected chi connectivity index (χ4v) is 3.90. The van der Waals surface area contributed by atoms with Gasteiger partial charge in [-0.05, 0) is 42.5 Å². The van der Waals surface area contributed by atoms with Crippen LogP contribution >= 0.6 is 11.8 Å². The van der Waals surface area contributed by atoms with E-state index in [1.807, 2.05) is 6.26 Å². The molecule has 0 bridgehead atoms. The smallest absolute Gasteiger partial charge is 0.270 e. The van der Waals surface area contributed by atoms with Crippen LogP contribution in [0.1, 0.15) is 49.6 Å². The molecule has 0 saturated carbocycles. The van der Waals surface area contributed by atoms with E-state index in [4.69, 9.17) is 0 Å². The number of nitrogens with zero attached hydrogens (tertiary/aromatic N) is 2. The second kappa shape index (κ2) is 8.31. The number of carbonyl (C=O) groups excluding carboxylic acids is 5. The van der Waals surface area contributed by atoms with E-state index in [1.165, 1.54) is 23.9 Å². The third-order valence-corrected chi connectivity index (χ3v) is 5.87. The minimum absolute atomic E-state index is 0.0626. The SMILES string of the molecule is CSc1ccc(C(=O)NCc2ccc3c(c2)C(=O)N(C2CCC(=O)NC2=O)C3=O)nc1. The van der Waals surface area contributed by atoms with Gasteiger partial charge in [0.05, 0.1) is 11.1 Å². The Kier molecular flexibility index (Phi) is 5.55. The molecule has 1 fully saturated rings. The third-order valence-electron chi connectivity index (χ3n) is 5.16. The lowest BCUT2D eigenvalue weighted by Crippen LogP contribution is -2.54. The van der Waals surface area contributed by atoms with Crippen LogP contribution in [0.2, 0.25) is 0 Å². The highest BCUT2D eigenvalue weighted by Gasteiger charge is 2.44. The molecule has 0 radical (unpaired) electrons. The Hall–Kier alpha value is -3.53. The molecule has 10 heteroatoms. The number of thioether (sulfide) groups is 1. The highest BCUT2D eigenvalue weighted by atomic mass is 32.2. The van der Waals surface area contributed by atoms with Crippen LogP contribution < -0.4 is 10.6 Å². The predicted molar refractivity (Wildman–Crippen MR) is 110 cm³/mol. The van der Waals surface area contributed by atoms with E-state index in [9.17, 15) is 24.0 Å². The van der Waals surface area contributed by atoms with E-state index in [1.54, 1.807) is 24.4 Å². The average Bonchev–Trinajstić information content (AvgIpc) is 3.02. The minimum Gasteiger partial charge on any atom is -0.347 e. The molecule has 3 heterocycles. The van der Waals surface area contributed by atoms with Gasteiger partial charge in [0.2, 0.25) is 11.8 Å². The van der Waals surface area contributed by atoms with E-state index in [2.05, 4.69) is 15.6 Å². The standard InChI is InChI=1S/C21H18N4O5S/c1-31-12-3-5-15(22-10-12)18(27)23-9-11-2-4-13-14(8-11)21(30)25(20(13)29)16-6-7-17(26)24-19(16)28/h2-5,8,10,16H,6-7,9H2,1H3,(H,23,27)(H,24,26,28). The molecule has 1 atom stereocenters. The molecule has 4 rings (SSSR count). The predicted octanol–water partition coefficient (Wildman–Crippen LogP) is 1.13. The zero-order valence-corrected chi connectivity index (χ0v) is 17.3. The molecular weight excluding hydrogens is 420 g/mol. The summed E-state index contributed by atoms with van der Waals surface area (Å²) in [6, 6.07) is 7.10. The van der Waals surface area contributed by atoms with Crippen molar-refractivity contribution < 1.29 is 24.0 Å². The van der Waals surface area contributed by atoms with Crippen LogP contribution in [0.15, 0.2) is 41.4 Å². The van der Waals surface area contributed by atoms with Gasteiger partial charge in [0.15, 0.2) is 0 Å². The van der Waals surface area contributed by atoms with Crippen molar-refractivity contribution in [2.24, 2.45) is 0 Å². The maximum absolute atomic E-state index is 12.8. The van der Waals surface area contributed by atoms with Crippen molar-refractivity contribution >= 4 is 41.3 Å². The van der Waals surface area contributed by atoms with Crippen LogP contribution in [-0.4, -0.2) is 51.7 Å². The number of carbonyl (C=O) groups is 5. The van der Waals surface area contributed by atoms with Gasteiger partial charge in [-0.3, -0.25) is 34.2 Å². The van der Waals surface area contributed by atoms with Gasteiger partial charge in [0, 0.05) is 24.1 Å². The van der Waals surface area contributed by atoms with Crippen molar-refractivity contribution in [2.45, 2.75) is 30.3 Å². The van der Waals surface area contributed by atoms with Crippen molar-refractivity contribution in [1.82, 2.24) is 20.5 Å². The number of fused-ring (bicyclic) bond motifs is 1. The lowest BCUT2D eigenvalue weighted by atomic mass is 10.0. The Morgan fingerprint density at radius 3 is 2.61 bits per heavy atom. The molecule has 1 aromatic carbocycles. The first-order valence-electron chi connectivity index (χ1n) is 9.52. The first kappa shape index (κ1) is 20.7. The Morgan fingerprint density at radius 2 is 1.94 bits per heavy atom. The first-order chi connectivity index (χ1) is 14.9. The number of rotatable bonds is 5. The summed E-state index contributed by atoms with van der Waals surface area (Å²) in [5.74, 6) is -2.59. The number of benzene rings is 1. The zero-order chi connectivity index (χ0) is 22.1. The molecular formula is C21H18N4O5S. The highest BCUT2D eigenvalue weighted by Crippen LogP contribution is 2.28. The fourth-order valence-electron chi connectivity index (χ4n) is 3.54.